The van der Waals surface area contributed by atoms with E-state index in [0.717, 1.165) is 10.2 Å². The lowest BCUT2D eigenvalue weighted by Gasteiger charge is -2.08. The van der Waals surface area contributed by atoms with Gasteiger partial charge in [-0.05, 0) is 30.3 Å². The van der Waals surface area contributed by atoms with Crippen LogP contribution in [0.4, 0.5) is 17.2 Å². The lowest BCUT2D eigenvalue weighted by Crippen LogP contribution is -1.98. The molecule has 0 unspecified atom stereocenters. The van der Waals surface area contributed by atoms with Crippen molar-refractivity contribution in [1.82, 2.24) is 4.98 Å². The van der Waals surface area contributed by atoms with Crippen molar-refractivity contribution < 1.29 is 0 Å². The summed E-state index contributed by atoms with van der Waals surface area (Å²) in [6, 6.07) is 9.40. The maximum absolute atomic E-state index is 5.78. The van der Waals surface area contributed by atoms with Crippen molar-refractivity contribution in [3.05, 3.63) is 46.0 Å². The molecule has 0 amide bonds. The van der Waals surface area contributed by atoms with E-state index in [2.05, 4.69) is 26.2 Å². The van der Waals surface area contributed by atoms with E-state index in [4.69, 9.17) is 17.3 Å². The first-order valence-corrected chi connectivity index (χ1v) is 5.76. The molecule has 0 saturated heterocycles. The summed E-state index contributed by atoms with van der Waals surface area (Å²) in [5.74, 6) is 0.603. The van der Waals surface area contributed by atoms with E-state index in [1.165, 1.54) is 0 Å². The summed E-state index contributed by atoms with van der Waals surface area (Å²) < 4.78 is 1.02. The molecule has 3 nitrogen and oxygen atoms in total. The van der Waals surface area contributed by atoms with Crippen LogP contribution in [0.15, 0.2) is 41.0 Å². The first-order chi connectivity index (χ1) is 7.65. The summed E-state index contributed by atoms with van der Waals surface area (Å²) in [6.45, 7) is 0. The lowest BCUT2D eigenvalue weighted by molar-refractivity contribution is 1.31. The average molecular weight is 299 g/mol. The quantitative estimate of drug-likeness (QED) is 0.886. The van der Waals surface area contributed by atoms with Gasteiger partial charge in [-0.15, -0.1) is 0 Å². The zero-order chi connectivity index (χ0) is 11.5. The largest absolute Gasteiger partial charge is 0.396 e. The van der Waals surface area contributed by atoms with Gasteiger partial charge in [-0.3, -0.25) is 0 Å². The minimum Gasteiger partial charge on any atom is -0.396 e. The molecule has 0 aliphatic carbocycles. The van der Waals surface area contributed by atoms with Crippen LogP contribution in [0.2, 0.25) is 5.02 Å². The van der Waals surface area contributed by atoms with E-state index in [-0.39, 0.29) is 0 Å². The first-order valence-electron chi connectivity index (χ1n) is 4.59. The molecule has 1 heterocycles. The molecule has 0 spiro atoms. The fourth-order valence-corrected chi connectivity index (χ4v) is 1.66. The second kappa shape index (κ2) is 4.72. The summed E-state index contributed by atoms with van der Waals surface area (Å²) in [7, 11) is 0. The van der Waals surface area contributed by atoms with Gasteiger partial charge in [0.1, 0.15) is 0 Å². The molecule has 2 rings (SSSR count). The van der Waals surface area contributed by atoms with Crippen molar-refractivity contribution >= 4 is 44.7 Å². The monoisotopic (exact) mass is 297 g/mol. The summed E-state index contributed by atoms with van der Waals surface area (Å²) in [4.78, 5) is 4.12. The van der Waals surface area contributed by atoms with E-state index in [1.54, 1.807) is 12.3 Å². The van der Waals surface area contributed by atoms with Crippen molar-refractivity contribution in [2.75, 3.05) is 11.1 Å². The molecule has 0 fully saturated rings. The third-order valence-electron chi connectivity index (χ3n) is 1.99. The number of anilines is 3. The number of hydrogen-bond donors (Lipinski definition) is 2. The van der Waals surface area contributed by atoms with Gasteiger partial charge in [-0.25, -0.2) is 4.98 Å². The van der Waals surface area contributed by atoms with Gasteiger partial charge in [-0.1, -0.05) is 27.5 Å². The van der Waals surface area contributed by atoms with Gasteiger partial charge in [0.15, 0.2) is 5.82 Å². The van der Waals surface area contributed by atoms with E-state index in [0.29, 0.717) is 16.5 Å². The van der Waals surface area contributed by atoms with Crippen LogP contribution in [0.5, 0.6) is 0 Å². The van der Waals surface area contributed by atoms with Crippen LogP contribution in [0.3, 0.4) is 0 Å². The third-order valence-corrected chi connectivity index (χ3v) is 2.73. The Morgan fingerprint density at radius 2 is 1.94 bits per heavy atom. The van der Waals surface area contributed by atoms with Crippen LogP contribution in [0, 0.1) is 0 Å². The van der Waals surface area contributed by atoms with Gasteiger partial charge in [0, 0.05) is 16.4 Å². The number of benzene rings is 1. The molecule has 0 radical (unpaired) electrons. The lowest BCUT2D eigenvalue weighted by atomic mass is 10.3. The van der Waals surface area contributed by atoms with E-state index in [1.807, 2.05) is 24.3 Å². The Kier molecular flexibility index (Phi) is 3.31. The molecule has 16 heavy (non-hydrogen) atoms. The number of nitrogens with two attached hydrogens (primary N) is 1. The number of nitrogens with one attached hydrogen (secondary N) is 1. The minimum atomic E-state index is 0.524. The summed E-state index contributed by atoms with van der Waals surface area (Å²) in [5, 5.41) is 3.64. The zero-order valence-corrected chi connectivity index (χ0v) is 10.6. The number of nitrogen functional groups attached to an aromatic ring is 1. The van der Waals surface area contributed by atoms with E-state index >= 15 is 0 Å². The highest BCUT2D eigenvalue weighted by atomic mass is 79.9. The maximum Gasteiger partial charge on any atom is 0.153 e. The molecule has 5 heteroatoms. The predicted octanol–water partition coefficient (Wildman–Crippen LogP) is 3.82. The maximum atomic E-state index is 5.78. The molecular weight excluding hydrogens is 289 g/mol. The highest BCUT2D eigenvalue weighted by Crippen LogP contribution is 2.24. The Balaban J connectivity index is 2.23. The van der Waals surface area contributed by atoms with Gasteiger partial charge in [0.25, 0.3) is 0 Å². The van der Waals surface area contributed by atoms with E-state index < -0.39 is 0 Å². The predicted molar refractivity (Wildman–Crippen MR) is 71.1 cm³/mol. The van der Waals surface area contributed by atoms with Crippen LogP contribution in [0.25, 0.3) is 0 Å². The average Bonchev–Trinajstić information content (AvgIpc) is 2.25. The van der Waals surface area contributed by atoms with Crippen LogP contribution < -0.4 is 11.1 Å². The molecule has 0 saturated carbocycles. The summed E-state index contributed by atoms with van der Waals surface area (Å²) in [5.41, 5.74) is 7.22. The van der Waals surface area contributed by atoms with Gasteiger partial charge >= 0.3 is 0 Å². The Morgan fingerprint density at radius 3 is 2.56 bits per heavy atom. The second-order valence-electron chi connectivity index (χ2n) is 3.22. The van der Waals surface area contributed by atoms with Gasteiger partial charge in [-0.2, -0.15) is 0 Å². The van der Waals surface area contributed by atoms with E-state index in [9.17, 15) is 0 Å². The molecule has 0 atom stereocenters. The molecular formula is C11H9BrClN3. The normalized spacial score (nSPS) is 10.1. The Labute approximate surface area is 107 Å². The van der Waals surface area contributed by atoms with Crippen molar-refractivity contribution in [3.8, 4) is 0 Å². The van der Waals surface area contributed by atoms with Crippen LogP contribution in [-0.2, 0) is 0 Å². The Morgan fingerprint density at radius 1 is 1.25 bits per heavy atom. The SMILES string of the molecule is Nc1cc(Cl)cnc1Nc1ccc(Br)cc1. The molecule has 1 aromatic carbocycles. The number of pyridine rings is 1. The number of halogens is 2. The van der Waals surface area contributed by atoms with Crippen molar-refractivity contribution in [1.29, 1.82) is 0 Å². The summed E-state index contributed by atoms with van der Waals surface area (Å²) in [6.07, 6.45) is 1.55. The first kappa shape index (κ1) is 11.2. The van der Waals surface area contributed by atoms with Crippen molar-refractivity contribution in [2.24, 2.45) is 0 Å². The Bertz CT molecular complexity index is 499. The Hall–Kier alpha value is -1.26. The molecule has 2 aromatic rings. The fourth-order valence-electron chi connectivity index (χ4n) is 1.23. The van der Waals surface area contributed by atoms with Gasteiger partial charge in [0.05, 0.1) is 10.7 Å². The molecule has 1 aromatic heterocycles. The summed E-state index contributed by atoms with van der Waals surface area (Å²) >= 11 is 9.13. The third kappa shape index (κ3) is 2.65. The highest BCUT2D eigenvalue weighted by molar-refractivity contribution is 9.10. The van der Waals surface area contributed by atoms with Crippen LogP contribution >= 0.6 is 27.5 Å². The molecule has 82 valence electrons. The molecule has 0 aliphatic rings. The smallest absolute Gasteiger partial charge is 0.153 e. The molecule has 0 bridgehead atoms. The standard InChI is InChI=1S/C11H9BrClN3/c12-7-1-3-9(4-2-7)16-11-10(14)5-8(13)6-15-11/h1-6H,14H2,(H,15,16). The van der Waals surface area contributed by atoms with Crippen LogP contribution in [0.1, 0.15) is 0 Å². The van der Waals surface area contributed by atoms with Crippen molar-refractivity contribution in [2.45, 2.75) is 0 Å². The number of hydrogen-bond acceptors (Lipinski definition) is 3. The van der Waals surface area contributed by atoms with Gasteiger partial charge < -0.3 is 11.1 Å². The number of rotatable bonds is 2. The topological polar surface area (TPSA) is 50.9 Å². The molecule has 0 aliphatic heterocycles. The molecule has 3 N–H and O–H groups in total. The number of nitrogens with zero attached hydrogens (tertiary/aromatic N) is 1. The number of aromatic nitrogens is 1. The fraction of sp³-hybridized carbons (Fsp3) is 0. The zero-order valence-electron chi connectivity index (χ0n) is 8.24. The highest BCUT2D eigenvalue weighted by Gasteiger charge is 2.01. The van der Waals surface area contributed by atoms with Gasteiger partial charge in [0.2, 0.25) is 0 Å². The van der Waals surface area contributed by atoms with Crippen LogP contribution in [-0.4, -0.2) is 4.98 Å². The van der Waals surface area contributed by atoms with Crippen molar-refractivity contribution in [3.63, 3.8) is 0 Å². The second-order valence-corrected chi connectivity index (χ2v) is 4.58. The minimum absolute atomic E-state index is 0.524.